The van der Waals surface area contributed by atoms with E-state index < -0.39 is 0 Å². The smallest absolute Gasteiger partial charge is 0.259 e. The van der Waals surface area contributed by atoms with E-state index in [1.54, 1.807) is 11.3 Å². The number of thiophene rings is 1. The summed E-state index contributed by atoms with van der Waals surface area (Å²) in [4.78, 5) is 27.3. The quantitative estimate of drug-likeness (QED) is 0.751. The van der Waals surface area contributed by atoms with Crippen molar-refractivity contribution in [2.45, 2.75) is 33.4 Å². The van der Waals surface area contributed by atoms with E-state index in [-0.39, 0.29) is 11.6 Å². The summed E-state index contributed by atoms with van der Waals surface area (Å²) >= 11 is 1.61. The Morgan fingerprint density at radius 2 is 1.85 bits per heavy atom. The van der Waals surface area contributed by atoms with Gasteiger partial charge >= 0.3 is 0 Å². The minimum atomic E-state index is -0.00795. The van der Waals surface area contributed by atoms with Gasteiger partial charge in [0.1, 0.15) is 10.7 Å². The van der Waals surface area contributed by atoms with E-state index in [2.05, 4.69) is 59.0 Å². The molecule has 0 amide bonds. The van der Waals surface area contributed by atoms with E-state index in [9.17, 15) is 4.79 Å². The zero-order valence-corrected chi connectivity index (χ0v) is 17.0. The summed E-state index contributed by atoms with van der Waals surface area (Å²) in [5.74, 6) is 0.783. The number of aromatic amines is 1. The van der Waals surface area contributed by atoms with Crippen molar-refractivity contribution in [3.63, 3.8) is 0 Å². The van der Waals surface area contributed by atoms with Gasteiger partial charge in [-0.15, -0.1) is 11.3 Å². The van der Waals surface area contributed by atoms with Gasteiger partial charge in [-0.25, -0.2) is 4.98 Å². The second-order valence-electron chi connectivity index (χ2n) is 7.39. The van der Waals surface area contributed by atoms with Crippen LogP contribution in [0.5, 0.6) is 0 Å². The standard InChI is InChI=1S/C21H26N4OS/c1-14-16(3)27-21-18(14)20(26)22-19(23-21)15(2)25-11-9-24(10-12-25)13-17-7-5-4-6-8-17/h4-8,15H,9-13H2,1-3H3,(H,22,23,26)/t15-/m0/s1. The zero-order chi connectivity index (χ0) is 19.0. The highest BCUT2D eigenvalue weighted by atomic mass is 32.1. The molecule has 0 unspecified atom stereocenters. The number of hydrogen-bond acceptors (Lipinski definition) is 5. The van der Waals surface area contributed by atoms with Gasteiger partial charge in [-0.3, -0.25) is 14.6 Å². The van der Waals surface area contributed by atoms with Crippen LogP contribution in [0.3, 0.4) is 0 Å². The van der Waals surface area contributed by atoms with Crippen molar-refractivity contribution in [2.75, 3.05) is 26.2 Å². The minimum Gasteiger partial charge on any atom is -0.309 e. The lowest BCUT2D eigenvalue weighted by atomic mass is 10.1. The summed E-state index contributed by atoms with van der Waals surface area (Å²) in [6.45, 7) is 11.2. The number of hydrogen-bond donors (Lipinski definition) is 1. The SMILES string of the molecule is Cc1sc2nc([C@H](C)N3CCN(Cc4ccccc4)CC3)[nH]c(=O)c2c1C. The molecule has 27 heavy (non-hydrogen) atoms. The number of benzene rings is 1. The number of H-pyrrole nitrogens is 1. The van der Waals surface area contributed by atoms with Crippen molar-refractivity contribution in [1.29, 1.82) is 0 Å². The first-order chi connectivity index (χ1) is 13.0. The van der Waals surface area contributed by atoms with Crippen molar-refractivity contribution in [2.24, 2.45) is 0 Å². The van der Waals surface area contributed by atoms with Crippen molar-refractivity contribution < 1.29 is 0 Å². The topological polar surface area (TPSA) is 52.2 Å². The number of aryl methyl sites for hydroxylation is 2. The normalized spacial score (nSPS) is 17.4. The van der Waals surface area contributed by atoms with E-state index >= 15 is 0 Å². The fraction of sp³-hybridized carbons (Fsp3) is 0.429. The van der Waals surface area contributed by atoms with E-state index in [0.29, 0.717) is 0 Å². The van der Waals surface area contributed by atoms with Gasteiger partial charge < -0.3 is 4.98 Å². The van der Waals surface area contributed by atoms with Crippen LogP contribution in [0.1, 0.15) is 34.8 Å². The van der Waals surface area contributed by atoms with Crippen LogP contribution < -0.4 is 5.56 Å². The lowest BCUT2D eigenvalue weighted by molar-refractivity contribution is 0.0948. The van der Waals surface area contributed by atoms with Gasteiger partial charge in [-0.2, -0.15) is 0 Å². The van der Waals surface area contributed by atoms with Gasteiger partial charge in [-0.1, -0.05) is 30.3 Å². The molecule has 1 aliphatic rings. The predicted molar refractivity (Wildman–Crippen MR) is 111 cm³/mol. The number of rotatable bonds is 4. The Hall–Kier alpha value is -2.02. The number of nitrogens with zero attached hydrogens (tertiary/aromatic N) is 3. The second kappa shape index (κ2) is 7.54. The Labute approximate surface area is 163 Å². The summed E-state index contributed by atoms with van der Waals surface area (Å²) in [6.07, 6.45) is 0. The maximum atomic E-state index is 12.6. The van der Waals surface area contributed by atoms with Crippen LogP contribution in [0, 0.1) is 13.8 Å². The monoisotopic (exact) mass is 382 g/mol. The molecule has 2 aromatic heterocycles. The molecule has 0 spiro atoms. The summed E-state index contributed by atoms with van der Waals surface area (Å²) < 4.78 is 0. The van der Waals surface area contributed by atoms with E-state index in [0.717, 1.165) is 54.3 Å². The maximum absolute atomic E-state index is 12.6. The molecule has 142 valence electrons. The first kappa shape index (κ1) is 18.3. The first-order valence-corrected chi connectivity index (χ1v) is 10.3. The Kier molecular flexibility index (Phi) is 5.12. The Morgan fingerprint density at radius 1 is 1.15 bits per heavy atom. The lowest BCUT2D eigenvalue weighted by Crippen LogP contribution is -2.47. The molecule has 1 saturated heterocycles. The molecule has 1 fully saturated rings. The zero-order valence-electron chi connectivity index (χ0n) is 16.2. The van der Waals surface area contributed by atoms with Gasteiger partial charge in [0, 0.05) is 37.6 Å². The van der Waals surface area contributed by atoms with E-state index in [1.807, 2.05) is 6.92 Å². The lowest BCUT2D eigenvalue weighted by Gasteiger charge is -2.37. The average Bonchev–Trinajstić information content (AvgIpc) is 2.97. The highest BCUT2D eigenvalue weighted by molar-refractivity contribution is 7.18. The molecule has 5 nitrogen and oxygen atoms in total. The molecule has 3 heterocycles. The molecule has 0 aliphatic carbocycles. The summed E-state index contributed by atoms with van der Waals surface area (Å²) in [6, 6.07) is 10.7. The summed E-state index contributed by atoms with van der Waals surface area (Å²) in [5.41, 5.74) is 2.41. The molecule has 0 saturated carbocycles. The summed E-state index contributed by atoms with van der Waals surface area (Å²) in [7, 11) is 0. The van der Waals surface area contributed by atoms with E-state index in [1.165, 1.54) is 10.4 Å². The molecular weight excluding hydrogens is 356 g/mol. The molecule has 1 N–H and O–H groups in total. The van der Waals surface area contributed by atoms with Crippen LogP contribution in [0.25, 0.3) is 10.2 Å². The van der Waals surface area contributed by atoms with Crippen molar-refractivity contribution in [3.05, 3.63) is 62.5 Å². The molecule has 1 atom stereocenters. The molecule has 1 aromatic carbocycles. The minimum absolute atomic E-state index is 0.00795. The Balaban J connectivity index is 1.45. The van der Waals surface area contributed by atoms with Gasteiger partial charge in [0.2, 0.25) is 0 Å². The van der Waals surface area contributed by atoms with Crippen LogP contribution >= 0.6 is 11.3 Å². The van der Waals surface area contributed by atoms with E-state index in [4.69, 9.17) is 4.98 Å². The molecule has 3 aromatic rings. The molecule has 0 bridgehead atoms. The van der Waals surface area contributed by atoms with Gasteiger partial charge in [-0.05, 0) is 31.9 Å². The molecule has 1 aliphatic heterocycles. The third-order valence-corrected chi connectivity index (χ3v) is 6.76. The number of nitrogens with one attached hydrogen (secondary N) is 1. The van der Waals surface area contributed by atoms with Crippen molar-refractivity contribution in [1.82, 2.24) is 19.8 Å². The van der Waals surface area contributed by atoms with Crippen molar-refractivity contribution >= 4 is 21.6 Å². The summed E-state index contributed by atoms with van der Waals surface area (Å²) in [5, 5.41) is 0.751. The van der Waals surface area contributed by atoms with Crippen LogP contribution in [0.2, 0.25) is 0 Å². The molecule has 0 radical (unpaired) electrons. The molecule has 6 heteroatoms. The fourth-order valence-electron chi connectivity index (χ4n) is 3.79. The predicted octanol–water partition coefficient (Wildman–Crippen LogP) is 3.48. The highest BCUT2D eigenvalue weighted by Crippen LogP contribution is 2.27. The van der Waals surface area contributed by atoms with Crippen LogP contribution in [0.4, 0.5) is 0 Å². The van der Waals surface area contributed by atoms with Gasteiger partial charge in [0.15, 0.2) is 0 Å². The van der Waals surface area contributed by atoms with Crippen LogP contribution in [-0.4, -0.2) is 45.9 Å². The fourth-order valence-corrected chi connectivity index (χ4v) is 4.83. The number of piperazine rings is 1. The second-order valence-corrected chi connectivity index (χ2v) is 8.59. The average molecular weight is 383 g/mol. The van der Waals surface area contributed by atoms with Crippen LogP contribution in [-0.2, 0) is 6.54 Å². The van der Waals surface area contributed by atoms with Gasteiger partial charge in [0.25, 0.3) is 5.56 Å². The first-order valence-electron chi connectivity index (χ1n) is 9.53. The Bertz CT molecular complexity index is 987. The molecule has 4 rings (SSSR count). The van der Waals surface area contributed by atoms with Crippen LogP contribution in [0.15, 0.2) is 35.1 Å². The third kappa shape index (κ3) is 3.70. The number of aromatic nitrogens is 2. The third-order valence-electron chi connectivity index (χ3n) is 5.66. The van der Waals surface area contributed by atoms with Gasteiger partial charge in [0.05, 0.1) is 11.4 Å². The number of fused-ring (bicyclic) bond motifs is 1. The molecular formula is C21H26N4OS. The highest BCUT2D eigenvalue weighted by Gasteiger charge is 2.24. The largest absolute Gasteiger partial charge is 0.309 e. The van der Waals surface area contributed by atoms with Crippen molar-refractivity contribution in [3.8, 4) is 0 Å². The Morgan fingerprint density at radius 3 is 2.56 bits per heavy atom. The maximum Gasteiger partial charge on any atom is 0.259 e.